The first-order valence-electron chi connectivity index (χ1n) is 7.74. The fourth-order valence-electron chi connectivity index (χ4n) is 2.70. The Morgan fingerprint density at radius 3 is 2.35 bits per heavy atom. The van der Waals surface area contributed by atoms with Crippen LogP contribution in [-0.2, 0) is 21.2 Å². The summed E-state index contributed by atoms with van der Waals surface area (Å²) in [4.78, 5) is 13.8. The zero-order valence-corrected chi connectivity index (χ0v) is 15.1. The van der Waals surface area contributed by atoms with E-state index in [-0.39, 0.29) is 38.5 Å². The van der Waals surface area contributed by atoms with E-state index in [1.54, 1.807) is 0 Å². The molecule has 2 heterocycles. The van der Waals surface area contributed by atoms with Gasteiger partial charge >= 0.3 is 0 Å². The molecule has 0 aliphatic carbocycles. The van der Waals surface area contributed by atoms with Gasteiger partial charge in [0.1, 0.15) is 4.90 Å². The summed E-state index contributed by atoms with van der Waals surface area (Å²) in [6.45, 7) is 0.206. The summed E-state index contributed by atoms with van der Waals surface area (Å²) in [5.41, 5.74) is 0. The third-order valence-corrected chi connectivity index (χ3v) is 6.91. The van der Waals surface area contributed by atoms with Crippen molar-refractivity contribution in [1.29, 1.82) is 0 Å². The molecule has 5 nitrogen and oxygen atoms in total. The van der Waals surface area contributed by atoms with Crippen molar-refractivity contribution >= 4 is 27.3 Å². The summed E-state index contributed by atoms with van der Waals surface area (Å²) in [7, 11) is -4.32. The number of hydrogen-bond acceptors (Lipinski definition) is 4. The normalized spacial score (nSPS) is 16.0. The van der Waals surface area contributed by atoms with Crippen LogP contribution in [0.15, 0.2) is 34.5 Å². The fourth-order valence-corrected chi connectivity index (χ4v) is 4.87. The number of amides is 1. The van der Waals surface area contributed by atoms with Crippen LogP contribution in [-0.4, -0.2) is 49.7 Å². The number of benzene rings is 1. The molecule has 0 spiro atoms. The van der Waals surface area contributed by atoms with Crippen LogP contribution in [0.1, 0.15) is 4.88 Å². The Labute approximate surface area is 152 Å². The molecule has 1 aliphatic heterocycles. The number of piperazine rings is 1. The Kier molecular flexibility index (Phi) is 5.35. The fraction of sp³-hybridized carbons (Fsp3) is 0.312. The van der Waals surface area contributed by atoms with Crippen molar-refractivity contribution in [2.45, 2.75) is 11.3 Å². The molecule has 10 heteroatoms. The molecule has 0 bridgehead atoms. The Morgan fingerprint density at radius 2 is 1.73 bits per heavy atom. The van der Waals surface area contributed by atoms with Gasteiger partial charge in [0.25, 0.3) is 0 Å². The van der Waals surface area contributed by atoms with E-state index in [1.807, 2.05) is 17.5 Å². The second-order valence-corrected chi connectivity index (χ2v) is 8.65. The molecule has 0 unspecified atom stereocenters. The zero-order valence-electron chi connectivity index (χ0n) is 13.5. The smallest absolute Gasteiger partial charge is 0.246 e. The Hall–Kier alpha value is -1.91. The minimum Gasteiger partial charge on any atom is -0.340 e. The first kappa shape index (κ1) is 18.9. The number of rotatable bonds is 4. The number of nitrogens with zero attached hydrogens (tertiary/aromatic N) is 2. The van der Waals surface area contributed by atoms with E-state index in [1.165, 1.54) is 16.2 Å². The van der Waals surface area contributed by atoms with Crippen LogP contribution >= 0.6 is 11.3 Å². The van der Waals surface area contributed by atoms with E-state index >= 15 is 0 Å². The van der Waals surface area contributed by atoms with Crippen LogP contribution in [0.3, 0.4) is 0 Å². The summed E-state index contributed by atoms with van der Waals surface area (Å²) in [6, 6.07) is 4.97. The van der Waals surface area contributed by atoms with Gasteiger partial charge in [-0.25, -0.2) is 21.6 Å². The molecule has 1 aliphatic rings. The number of halogens is 3. The maximum absolute atomic E-state index is 13.8. The molecule has 1 saturated heterocycles. The molecule has 1 aromatic carbocycles. The van der Waals surface area contributed by atoms with Gasteiger partial charge in [0.15, 0.2) is 17.5 Å². The molecule has 0 radical (unpaired) electrons. The average Bonchev–Trinajstić information content (AvgIpc) is 3.12. The van der Waals surface area contributed by atoms with E-state index in [4.69, 9.17) is 0 Å². The largest absolute Gasteiger partial charge is 0.340 e. The van der Waals surface area contributed by atoms with Gasteiger partial charge < -0.3 is 4.90 Å². The molecule has 26 heavy (non-hydrogen) atoms. The van der Waals surface area contributed by atoms with Crippen molar-refractivity contribution in [2.24, 2.45) is 0 Å². The molecule has 1 amide bonds. The monoisotopic (exact) mass is 404 g/mol. The molecule has 1 aromatic heterocycles. The number of carbonyl (C=O) groups excluding carboxylic acids is 1. The first-order valence-corrected chi connectivity index (χ1v) is 10.1. The van der Waals surface area contributed by atoms with Crippen molar-refractivity contribution in [2.75, 3.05) is 26.2 Å². The van der Waals surface area contributed by atoms with Crippen LogP contribution < -0.4 is 0 Å². The number of carbonyl (C=O) groups is 1. The van der Waals surface area contributed by atoms with E-state index in [0.717, 1.165) is 9.18 Å². The van der Waals surface area contributed by atoms with Gasteiger partial charge in [-0.3, -0.25) is 4.79 Å². The SMILES string of the molecule is O=C(Cc1cccs1)N1CCN(S(=O)(=O)c2ccc(F)c(F)c2F)CC1. The second kappa shape index (κ2) is 7.37. The molecule has 0 atom stereocenters. The highest BCUT2D eigenvalue weighted by Gasteiger charge is 2.33. The lowest BCUT2D eigenvalue weighted by Crippen LogP contribution is -2.51. The number of hydrogen-bond donors (Lipinski definition) is 0. The van der Waals surface area contributed by atoms with Gasteiger partial charge in [0, 0.05) is 31.1 Å². The Bertz CT molecular complexity index is 909. The average molecular weight is 404 g/mol. The van der Waals surface area contributed by atoms with Gasteiger partial charge in [-0.2, -0.15) is 4.31 Å². The first-order chi connectivity index (χ1) is 12.3. The summed E-state index contributed by atoms with van der Waals surface area (Å²) >= 11 is 1.46. The van der Waals surface area contributed by atoms with Crippen LogP contribution in [0.2, 0.25) is 0 Å². The minimum atomic E-state index is -4.32. The number of thiophene rings is 1. The van der Waals surface area contributed by atoms with Crippen LogP contribution in [0.25, 0.3) is 0 Å². The highest BCUT2D eigenvalue weighted by molar-refractivity contribution is 7.89. The van der Waals surface area contributed by atoms with Crippen molar-refractivity contribution in [1.82, 2.24) is 9.21 Å². The molecule has 140 valence electrons. The number of sulfonamides is 1. The summed E-state index contributed by atoms with van der Waals surface area (Å²) in [5.74, 6) is -5.13. The van der Waals surface area contributed by atoms with Crippen LogP contribution in [0.5, 0.6) is 0 Å². The lowest BCUT2D eigenvalue weighted by Gasteiger charge is -2.34. The van der Waals surface area contributed by atoms with Crippen molar-refractivity contribution < 1.29 is 26.4 Å². The van der Waals surface area contributed by atoms with E-state index in [2.05, 4.69) is 0 Å². The molecular weight excluding hydrogens is 389 g/mol. The molecule has 0 saturated carbocycles. The van der Waals surface area contributed by atoms with Gasteiger partial charge in [-0.15, -0.1) is 11.3 Å². The summed E-state index contributed by atoms with van der Waals surface area (Å²) in [5, 5.41) is 1.86. The third kappa shape index (κ3) is 3.62. The highest BCUT2D eigenvalue weighted by Crippen LogP contribution is 2.24. The van der Waals surface area contributed by atoms with Gasteiger partial charge in [0.2, 0.25) is 15.9 Å². The third-order valence-electron chi connectivity index (χ3n) is 4.11. The van der Waals surface area contributed by atoms with E-state index < -0.39 is 32.4 Å². The summed E-state index contributed by atoms with van der Waals surface area (Å²) in [6.07, 6.45) is 0.238. The molecule has 0 N–H and O–H groups in total. The predicted molar refractivity (Wildman–Crippen MR) is 89.7 cm³/mol. The second-order valence-electron chi connectivity index (χ2n) is 5.71. The van der Waals surface area contributed by atoms with Crippen molar-refractivity contribution in [3.63, 3.8) is 0 Å². The topological polar surface area (TPSA) is 57.7 Å². The van der Waals surface area contributed by atoms with Crippen LogP contribution in [0, 0.1) is 17.5 Å². The zero-order chi connectivity index (χ0) is 18.9. The van der Waals surface area contributed by atoms with E-state index in [0.29, 0.717) is 12.1 Å². The maximum Gasteiger partial charge on any atom is 0.246 e. The van der Waals surface area contributed by atoms with Gasteiger partial charge in [-0.05, 0) is 23.6 Å². The molecule has 3 rings (SSSR count). The lowest BCUT2D eigenvalue weighted by atomic mass is 10.3. The Morgan fingerprint density at radius 1 is 1.04 bits per heavy atom. The Balaban J connectivity index is 1.69. The minimum absolute atomic E-state index is 0.0447. The molecular formula is C16H15F3N2O3S2. The van der Waals surface area contributed by atoms with Crippen LogP contribution in [0.4, 0.5) is 13.2 Å². The van der Waals surface area contributed by atoms with Gasteiger partial charge in [-0.1, -0.05) is 6.07 Å². The summed E-state index contributed by atoms with van der Waals surface area (Å²) < 4.78 is 66.2. The molecule has 2 aromatic rings. The highest BCUT2D eigenvalue weighted by atomic mass is 32.2. The van der Waals surface area contributed by atoms with Gasteiger partial charge in [0.05, 0.1) is 6.42 Å². The molecule has 1 fully saturated rings. The lowest BCUT2D eigenvalue weighted by molar-refractivity contribution is -0.131. The predicted octanol–water partition coefficient (Wildman–Crippen LogP) is 2.24. The van der Waals surface area contributed by atoms with Crippen molar-refractivity contribution in [3.8, 4) is 0 Å². The maximum atomic E-state index is 13.8. The van der Waals surface area contributed by atoms with E-state index in [9.17, 15) is 26.4 Å². The van der Waals surface area contributed by atoms with Crippen molar-refractivity contribution in [3.05, 3.63) is 52.0 Å². The quantitative estimate of drug-likeness (QED) is 0.735. The standard InChI is InChI=1S/C16H15F3N2O3S2/c17-12-3-4-13(16(19)15(12)18)26(23,24)21-7-5-20(6-8-21)14(22)10-11-2-1-9-25-11/h1-4,9H,5-8,10H2.